The van der Waals surface area contributed by atoms with E-state index in [1.54, 1.807) is 0 Å². The van der Waals surface area contributed by atoms with Crippen LogP contribution in [0, 0.1) is 5.92 Å². The van der Waals surface area contributed by atoms with Crippen LogP contribution < -0.4 is 11.1 Å². The van der Waals surface area contributed by atoms with E-state index in [9.17, 15) is 4.79 Å². The van der Waals surface area contributed by atoms with Crippen molar-refractivity contribution in [1.82, 2.24) is 10.2 Å². The number of carbonyl (C=O) groups excluding carboxylic acids is 1. The first-order chi connectivity index (χ1) is 10.5. The number of rotatable bonds is 6. The topological polar surface area (TPSA) is 58.4 Å². The first kappa shape index (κ1) is 23.2. The van der Waals surface area contributed by atoms with Gasteiger partial charge in [-0.05, 0) is 49.9 Å². The van der Waals surface area contributed by atoms with Gasteiger partial charge in [-0.2, -0.15) is 0 Å². The van der Waals surface area contributed by atoms with Gasteiger partial charge in [-0.15, -0.1) is 24.8 Å². The standard InChI is InChI=1S/C18H29N3O.2ClH/c1-14-7-9-21(10-8-14)13-17-5-3-16(4-6-17)12-20-18(22)11-15(2)19;;/h3-6,14-15H,7-13,19H2,1-2H3,(H,20,22);2*1H. The molecule has 4 nitrogen and oxygen atoms in total. The van der Waals surface area contributed by atoms with E-state index in [0.717, 1.165) is 18.0 Å². The van der Waals surface area contributed by atoms with Gasteiger partial charge in [0.25, 0.3) is 0 Å². The Morgan fingerprint density at radius 2 is 1.75 bits per heavy atom. The van der Waals surface area contributed by atoms with Crippen molar-refractivity contribution in [2.45, 2.75) is 52.2 Å². The van der Waals surface area contributed by atoms with Crippen LogP contribution in [-0.2, 0) is 17.9 Å². The zero-order valence-corrected chi connectivity index (χ0v) is 16.3. The normalized spacial score (nSPS) is 16.6. The van der Waals surface area contributed by atoms with Crippen molar-refractivity contribution in [2.24, 2.45) is 11.7 Å². The Hall–Kier alpha value is -0.810. The van der Waals surface area contributed by atoms with Crippen molar-refractivity contribution in [3.63, 3.8) is 0 Å². The van der Waals surface area contributed by atoms with Gasteiger partial charge in [-0.3, -0.25) is 9.69 Å². The molecule has 0 bridgehead atoms. The van der Waals surface area contributed by atoms with Crippen molar-refractivity contribution in [3.8, 4) is 0 Å². The maximum absolute atomic E-state index is 11.6. The van der Waals surface area contributed by atoms with Crippen LogP contribution >= 0.6 is 24.8 Å². The van der Waals surface area contributed by atoms with Crippen molar-refractivity contribution < 1.29 is 4.79 Å². The van der Waals surface area contributed by atoms with Crippen molar-refractivity contribution in [3.05, 3.63) is 35.4 Å². The zero-order chi connectivity index (χ0) is 15.9. The van der Waals surface area contributed by atoms with E-state index in [-0.39, 0.29) is 36.8 Å². The lowest BCUT2D eigenvalue weighted by Crippen LogP contribution is -2.32. The molecule has 1 fully saturated rings. The van der Waals surface area contributed by atoms with Crippen LogP contribution in [0.25, 0.3) is 0 Å². The van der Waals surface area contributed by atoms with Gasteiger partial charge in [-0.25, -0.2) is 0 Å². The van der Waals surface area contributed by atoms with Crippen molar-refractivity contribution >= 4 is 30.7 Å². The van der Waals surface area contributed by atoms with Crippen molar-refractivity contribution in [1.29, 1.82) is 0 Å². The molecule has 1 aromatic rings. The summed E-state index contributed by atoms with van der Waals surface area (Å²) < 4.78 is 0. The Morgan fingerprint density at radius 3 is 2.29 bits per heavy atom. The van der Waals surface area contributed by atoms with Gasteiger partial charge in [0.2, 0.25) is 5.91 Å². The summed E-state index contributed by atoms with van der Waals surface area (Å²) in [6, 6.07) is 8.47. The molecule has 1 aromatic carbocycles. The number of nitrogens with one attached hydrogen (secondary N) is 1. The zero-order valence-electron chi connectivity index (χ0n) is 14.7. The van der Waals surface area contributed by atoms with E-state index >= 15 is 0 Å². The molecule has 138 valence electrons. The van der Waals surface area contributed by atoms with Gasteiger partial charge in [-0.1, -0.05) is 31.2 Å². The fraction of sp³-hybridized carbons (Fsp3) is 0.611. The Morgan fingerprint density at radius 1 is 1.21 bits per heavy atom. The number of hydrogen-bond donors (Lipinski definition) is 2. The Bertz CT molecular complexity index is 472. The summed E-state index contributed by atoms with van der Waals surface area (Å²) in [7, 11) is 0. The van der Waals surface area contributed by atoms with E-state index in [4.69, 9.17) is 5.73 Å². The molecule has 1 amide bonds. The van der Waals surface area contributed by atoms with E-state index < -0.39 is 0 Å². The van der Waals surface area contributed by atoms with Crippen LogP contribution in [0.1, 0.15) is 44.2 Å². The predicted octanol–water partition coefficient (Wildman–Crippen LogP) is 3.12. The number of hydrogen-bond acceptors (Lipinski definition) is 3. The second kappa shape index (κ2) is 11.7. The Kier molecular flexibility index (Phi) is 11.3. The van der Waals surface area contributed by atoms with Gasteiger partial charge in [0.15, 0.2) is 0 Å². The minimum absolute atomic E-state index is 0. The molecule has 24 heavy (non-hydrogen) atoms. The van der Waals surface area contributed by atoms with Crippen molar-refractivity contribution in [2.75, 3.05) is 13.1 Å². The molecule has 0 aliphatic carbocycles. The third kappa shape index (κ3) is 8.34. The van der Waals surface area contributed by atoms with Gasteiger partial charge in [0, 0.05) is 25.6 Å². The molecular formula is C18H31Cl2N3O. The predicted molar refractivity (Wildman–Crippen MR) is 105 cm³/mol. The smallest absolute Gasteiger partial charge is 0.221 e. The molecule has 2 rings (SSSR count). The third-order valence-corrected chi connectivity index (χ3v) is 4.30. The maximum atomic E-state index is 11.6. The van der Waals surface area contributed by atoms with Crippen LogP contribution in [0.2, 0.25) is 0 Å². The number of nitrogens with zero attached hydrogens (tertiary/aromatic N) is 1. The molecule has 1 aliphatic rings. The fourth-order valence-corrected chi connectivity index (χ4v) is 2.81. The number of benzene rings is 1. The summed E-state index contributed by atoms with van der Waals surface area (Å²) in [5.41, 5.74) is 8.09. The lowest BCUT2D eigenvalue weighted by molar-refractivity contribution is -0.121. The first-order valence-corrected chi connectivity index (χ1v) is 8.35. The second-order valence-corrected chi connectivity index (χ2v) is 6.73. The highest BCUT2D eigenvalue weighted by molar-refractivity contribution is 5.85. The van der Waals surface area contributed by atoms with Crippen LogP contribution in [-0.4, -0.2) is 29.9 Å². The molecule has 1 unspecified atom stereocenters. The highest BCUT2D eigenvalue weighted by Crippen LogP contribution is 2.18. The molecular weight excluding hydrogens is 345 g/mol. The van der Waals surface area contributed by atoms with Crippen LogP contribution in [0.3, 0.4) is 0 Å². The molecule has 1 saturated heterocycles. The number of nitrogens with two attached hydrogens (primary N) is 1. The van der Waals surface area contributed by atoms with Gasteiger partial charge in [0.1, 0.15) is 0 Å². The average molecular weight is 376 g/mol. The molecule has 1 atom stereocenters. The van der Waals surface area contributed by atoms with Gasteiger partial charge >= 0.3 is 0 Å². The quantitative estimate of drug-likeness (QED) is 0.802. The molecule has 3 N–H and O–H groups in total. The summed E-state index contributed by atoms with van der Waals surface area (Å²) in [6.45, 7) is 8.20. The molecule has 0 saturated carbocycles. The Labute approximate surface area is 158 Å². The Balaban J connectivity index is 0.00000264. The molecule has 1 aliphatic heterocycles. The molecule has 0 spiro atoms. The first-order valence-electron chi connectivity index (χ1n) is 8.35. The summed E-state index contributed by atoms with van der Waals surface area (Å²) in [4.78, 5) is 14.1. The minimum Gasteiger partial charge on any atom is -0.352 e. The minimum atomic E-state index is -0.0883. The summed E-state index contributed by atoms with van der Waals surface area (Å²) >= 11 is 0. The molecule has 0 aromatic heterocycles. The lowest BCUT2D eigenvalue weighted by atomic mass is 9.99. The van der Waals surface area contributed by atoms with Crippen LogP contribution in [0.15, 0.2) is 24.3 Å². The maximum Gasteiger partial charge on any atom is 0.221 e. The van der Waals surface area contributed by atoms with E-state index in [0.29, 0.717) is 13.0 Å². The monoisotopic (exact) mass is 375 g/mol. The van der Waals surface area contributed by atoms with Crippen LogP contribution in [0.5, 0.6) is 0 Å². The summed E-state index contributed by atoms with van der Waals surface area (Å²) in [5, 5.41) is 2.91. The number of halogens is 2. The van der Waals surface area contributed by atoms with E-state index in [1.165, 1.54) is 31.5 Å². The highest BCUT2D eigenvalue weighted by atomic mass is 35.5. The summed E-state index contributed by atoms with van der Waals surface area (Å²) in [5.74, 6) is 0.889. The number of piperidine rings is 1. The summed E-state index contributed by atoms with van der Waals surface area (Å²) in [6.07, 6.45) is 3.00. The SMILES string of the molecule is CC(N)CC(=O)NCc1ccc(CN2CCC(C)CC2)cc1.Cl.Cl. The average Bonchev–Trinajstić information content (AvgIpc) is 2.48. The van der Waals surface area contributed by atoms with E-state index in [2.05, 4.69) is 41.4 Å². The van der Waals surface area contributed by atoms with Crippen LogP contribution in [0.4, 0.5) is 0 Å². The highest BCUT2D eigenvalue weighted by Gasteiger charge is 2.15. The largest absolute Gasteiger partial charge is 0.352 e. The lowest BCUT2D eigenvalue weighted by Gasteiger charge is -2.30. The van der Waals surface area contributed by atoms with Gasteiger partial charge < -0.3 is 11.1 Å². The fourth-order valence-electron chi connectivity index (χ4n) is 2.81. The van der Waals surface area contributed by atoms with Gasteiger partial charge in [0.05, 0.1) is 0 Å². The number of likely N-dealkylation sites (tertiary alicyclic amines) is 1. The third-order valence-electron chi connectivity index (χ3n) is 4.30. The number of carbonyl (C=O) groups is 1. The molecule has 0 radical (unpaired) electrons. The van der Waals surface area contributed by atoms with E-state index in [1.807, 2.05) is 6.92 Å². The second-order valence-electron chi connectivity index (χ2n) is 6.73. The number of amides is 1. The molecule has 6 heteroatoms. The molecule has 1 heterocycles.